The van der Waals surface area contributed by atoms with Crippen LogP contribution in [0.15, 0.2) is 30.3 Å². The second-order valence-corrected chi connectivity index (χ2v) is 3.69. The van der Waals surface area contributed by atoms with Crippen LogP contribution in [0.4, 0.5) is 0 Å². The van der Waals surface area contributed by atoms with Gasteiger partial charge in [0.2, 0.25) is 5.91 Å². The Bertz CT molecular complexity index is 313. The number of hydrogen-bond acceptors (Lipinski definition) is 3. The van der Waals surface area contributed by atoms with Crippen LogP contribution in [-0.2, 0) is 11.2 Å². The van der Waals surface area contributed by atoms with E-state index in [0.717, 1.165) is 12.1 Å². The molecule has 0 aliphatic carbocycles. The number of likely N-dealkylation sites (N-methyl/N-ethyl adjacent to an activating group) is 1. The van der Waals surface area contributed by atoms with Gasteiger partial charge in [-0.2, -0.15) is 0 Å². The summed E-state index contributed by atoms with van der Waals surface area (Å²) < 4.78 is 0. The molecule has 1 amide bonds. The fraction of sp³-hybridized carbons (Fsp3) is 0.417. The maximum atomic E-state index is 11.6. The van der Waals surface area contributed by atoms with Crippen LogP contribution in [0.5, 0.6) is 0 Å². The Morgan fingerprint density at radius 2 is 2.00 bits per heavy atom. The number of hydrogen-bond donors (Lipinski definition) is 3. The van der Waals surface area contributed by atoms with E-state index in [1.54, 1.807) is 0 Å². The molecule has 0 fully saturated rings. The van der Waals surface area contributed by atoms with Crippen LogP contribution in [0, 0.1) is 0 Å². The maximum absolute atomic E-state index is 11.6. The van der Waals surface area contributed by atoms with Gasteiger partial charge in [-0.1, -0.05) is 30.3 Å². The topological polar surface area (TPSA) is 67.1 Å². The third-order valence-corrected chi connectivity index (χ3v) is 2.31. The van der Waals surface area contributed by atoms with Crippen molar-refractivity contribution in [3.05, 3.63) is 35.9 Å². The molecule has 1 rings (SSSR count). The zero-order valence-electron chi connectivity index (χ0n) is 9.57. The van der Waals surface area contributed by atoms with Gasteiger partial charge in [0.1, 0.15) is 0 Å². The minimum atomic E-state index is -0.473. The molecule has 4 heteroatoms. The van der Waals surface area contributed by atoms with Gasteiger partial charge in [0, 0.05) is 13.1 Å². The Morgan fingerprint density at radius 1 is 1.31 bits per heavy atom. The van der Waals surface area contributed by atoms with Gasteiger partial charge in [-0.05, 0) is 19.0 Å². The van der Waals surface area contributed by atoms with Crippen LogP contribution in [0.3, 0.4) is 0 Å². The molecule has 0 radical (unpaired) electrons. The van der Waals surface area contributed by atoms with E-state index in [4.69, 9.17) is 5.73 Å². The largest absolute Gasteiger partial charge is 0.353 e. The third-order valence-electron chi connectivity index (χ3n) is 2.31. The number of rotatable bonds is 6. The van der Waals surface area contributed by atoms with Crippen LogP contribution >= 0.6 is 0 Å². The highest BCUT2D eigenvalue weighted by Crippen LogP contribution is 2.01. The van der Waals surface area contributed by atoms with Crippen molar-refractivity contribution in [2.75, 3.05) is 20.1 Å². The van der Waals surface area contributed by atoms with Crippen LogP contribution < -0.4 is 16.4 Å². The van der Waals surface area contributed by atoms with Gasteiger partial charge in [0.25, 0.3) is 0 Å². The summed E-state index contributed by atoms with van der Waals surface area (Å²) in [6.45, 7) is 1.36. The van der Waals surface area contributed by atoms with Crippen molar-refractivity contribution in [1.29, 1.82) is 0 Å². The average molecular weight is 221 g/mol. The Morgan fingerprint density at radius 3 is 2.62 bits per heavy atom. The molecule has 4 N–H and O–H groups in total. The first-order valence-electron chi connectivity index (χ1n) is 5.46. The van der Waals surface area contributed by atoms with Crippen molar-refractivity contribution >= 4 is 5.91 Å². The van der Waals surface area contributed by atoms with E-state index in [-0.39, 0.29) is 5.91 Å². The quantitative estimate of drug-likeness (QED) is 0.587. The predicted molar refractivity (Wildman–Crippen MR) is 65.1 cm³/mol. The minimum absolute atomic E-state index is 0.0981. The molecule has 1 aromatic rings. The molecule has 4 nitrogen and oxygen atoms in total. The molecule has 0 aromatic heterocycles. The van der Waals surface area contributed by atoms with Crippen LogP contribution in [-0.4, -0.2) is 32.1 Å². The molecule has 16 heavy (non-hydrogen) atoms. The fourth-order valence-corrected chi connectivity index (χ4v) is 1.40. The zero-order valence-corrected chi connectivity index (χ0v) is 9.57. The lowest BCUT2D eigenvalue weighted by Crippen LogP contribution is -2.43. The number of nitrogens with one attached hydrogen (secondary N) is 2. The predicted octanol–water partition coefficient (Wildman–Crippen LogP) is -0.108. The van der Waals surface area contributed by atoms with Crippen LogP contribution in [0.25, 0.3) is 0 Å². The van der Waals surface area contributed by atoms with Gasteiger partial charge < -0.3 is 16.4 Å². The number of amides is 1. The first-order valence-corrected chi connectivity index (χ1v) is 5.46. The van der Waals surface area contributed by atoms with E-state index < -0.39 is 6.04 Å². The second kappa shape index (κ2) is 6.98. The summed E-state index contributed by atoms with van der Waals surface area (Å²) >= 11 is 0. The molecule has 0 aliphatic heterocycles. The van der Waals surface area contributed by atoms with E-state index in [1.165, 1.54) is 0 Å². The van der Waals surface area contributed by atoms with Gasteiger partial charge >= 0.3 is 0 Å². The standard InChI is InChI=1S/C12H19N3O/c1-14-7-8-15-12(16)11(13)9-10-5-3-2-4-6-10/h2-6,11,14H,7-9,13H2,1H3,(H,15,16)/t11-/m0/s1. The van der Waals surface area contributed by atoms with E-state index >= 15 is 0 Å². The number of carbonyl (C=O) groups excluding carboxylic acids is 1. The molecular weight excluding hydrogens is 202 g/mol. The lowest BCUT2D eigenvalue weighted by Gasteiger charge is -2.12. The molecular formula is C12H19N3O. The van der Waals surface area contributed by atoms with Crippen LogP contribution in [0.2, 0.25) is 0 Å². The molecule has 0 saturated carbocycles. The van der Waals surface area contributed by atoms with Crippen molar-refractivity contribution in [1.82, 2.24) is 10.6 Å². The fourth-order valence-electron chi connectivity index (χ4n) is 1.40. The number of carbonyl (C=O) groups is 1. The molecule has 88 valence electrons. The van der Waals surface area contributed by atoms with E-state index in [0.29, 0.717) is 13.0 Å². The van der Waals surface area contributed by atoms with Gasteiger partial charge in [0.15, 0.2) is 0 Å². The number of benzene rings is 1. The summed E-state index contributed by atoms with van der Waals surface area (Å²) in [4.78, 5) is 11.6. The second-order valence-electron chi connectivity index (χ2n) is 3.69. The Kier molecular flexibility index (Phi) is 5.53. The Balaban J connectivity index is 2.34. The molecule has 1 atom stereocenters. The summed E-state index contributed by atoms with van der Waals surface area (Å²) in [5, 5.41) is 5.73. The summed E-state index contributed by atoms with van der Waals surface area (Å²) in [5.74, 6) is -0.0981. The molecule has 0 spiro atoms. The third kappa shape index (κ3) is 4.42. The van der Waals surface area contributed by atoms with Crippen molar-refractivity contribution < 1.29 is 4.79 Å². The lowest BCUT2D eigenvalue weighted by molar-refractivity contribution is -0.122. The SMILES string of the molecule is CNCCNC(=O)[C@@H](N)Cc1ccccc1. The zero-order chi connectivity index (χ0) is 11.8. The van der Waals surface area contributed by atoms with Crippen molar-refractivity contribution in [2.45, 2.75) is 12.5 Å². The first-order chi connectivity index (χ1) is 7.74. The van der Waals surface area contributed by atoms with E-state index in [9.17, 15) is 4.79 Å². The average Bonchev–Trinajstić information content (AvgIpc) is 2.30. The minimum Gasteiger partial charge on any atom is -0.353 e. The maximum Gasteiger partial charge on any atom is 0.237 e. The Labute approximate surface area is 96.2 Å². The highest BCUT2D eigenvalue weighted by Gasteiger charge is 2.12. The Hall–Kier alpha value is -1.39. The molecule has 0 bridgehead atoms. The normalized spacial score (nSPS) is 12.1. The monoisotopic (exact) mass is 221 g/mol. The van der Waals surface area contributed by atoms with Gasteiger partial charge in [-0.25, -0.2) is 0 Å². The summed E-state index contributed by atoms with van der Waals surface area (Å²) in [5.41, 5.74) is 6.88. The van der Waals surface area contributed by atoms with Crippen molar-refractivity contribution in [3.8, 4) is 0 Å². The molecule has 0 unspecified atom stereocenters. The highest BCUT2D eigenvalue weighted by molar-refractivity contribution is 5.81. The van der Waals surface area contributed by atoms with E-state index in [1.807, 2.05) is 37.4 Å². The molecule has 0 saturated heterocycles. The van der Waals surface area contributed by atoms with Crippen LogP contribution in [0.1, 0.15) is 5.56 Å². The summed E-state index contributed by atoms with van der Waals surface area (Å²) in [6, 6.07) is 9.31. The van der Waals surface area contributed by atoms with Crippen molar-refractivity contribution in [3.63, 3.8) is 0 Å². The summed E-state index contributed by atoms with van der Waals surface area (Å²) in [7, 11) is 1.84. The lowest BCUT2D eigenvalue weighted by atomic mass is 10.1. The molecule has 0 heterocycles. The van der Waals surface area contributed by atoms with E-state index in [2.05, 4.69) is 10.6 Å². The van der Waals surface area contributed by atoms with Gasteiger partial charge in [0.05, 0.1) is 6.04 Å². The van der Waals surface area contributed by atoms with Crippen molar-refractivity contribution in [2.24, 2.45) is 5.73 Å². The highest BCUT2D eigenvalue weighted by atomic mass is 16.2. The van der Waals surface area contributed by atoms with Gasteiger partial charge in [-0.3, -0.25) is 4.79 Å². The molecule has 1 aromatic carbocycles. The first kappa shape index (κ1) is 12.7. The summed E-state index contributed by atoms with van der Waals surface area (Å²) in [6.07, 6.45) is 0.576. The molecule has 0 aliphatic rings. The smallest absolute Gasteiger partial charge is 0.237 e. The number of nitrogens with two attached hydrogens (primary N) is 1. The van der Waals surface area contributed by atoms with Gasteiger partial charge in [-0.15, -0.1) is 0 Å².